The van der Waals surface area contributed by atoms with Crippen LogP contribution in [0.3, 0.4) is 0 Å². The van der Waals surface area contributed by atoms with Gasteiger partial charge in [0.15, 0.2) is 0 Å². The van der Waals surface area contributed by atoms with E-state index >= 15 is 0 Å². The molecule has 0 spiro atoms. The van der Waals surface area contributed by atoms with Crippen LogP contribution in [0.25, 0.3) is 0 Å². The summed E-state index contributed by atoms with van der Waals surface area (Å²) in [4.78, 5) is 4.53. The Morgan fingerprint density at radius 1 is 1.64 bits per heavy atom. The largest absolute Gasteiger partial charge is 0.328 e. The third-order valence-electron chi connectivity index (χ3n) is 2.94. The molecule has 1 aliphatic rings. The van der Waals surface area contributed by atoms with Gasteiger partial charge in [-0.15, -0.1) is 0 Å². The highest BCUT2D eigenvalue weighted by Gasteiger charge is 2.24. The van der Waals surface area contributed by atoms with Gasteiger partial charge >= 0.3 is 0 Å². The van der Waals surface area contributed by atoms with Crippen molar-refractivity contribution in [3.8, 4) is 0 Å². The molecule has 2 N–H and O–H groups in total. The van der Waals surface area contributed by atoms with E-state index in [-0.39, 0.29) is 0 Å². The van der Waals surface area contributed by atoms with Gasteiger partial charge < -0.3 is 10.3 Å². The smallest absolute Gasteiger partial charge is 0.127 e. The van der Waals surface area contributed by atoms with Crippen LogP contribution in [0.2, 0.25) is 0 Å². The standard InChI is InChI=1S/C10H16BrN3/c1-2-9-13-10(11)8-5-3-4-7(6-12)14(8)9/h7H,2-6,12H2,1H3. The van der Waals surface area contributed by atoms with Gasteiger partial charge in [-0.1, -0.05) is 6.92 Å². The Morgan fingerprint density at radius 3 is 3.07 bits per heavy atom. The zero-order chi connectivity index (χ0) is 10.1. The van der Waals surface area contributed by atoms with E-state index in [1.165, 1.54) is 24.4 Å². The molecule has 4 heteroatoms. The lowest BCUT2D eigenvalue weighted by Gasteiger charge is -2.26. The average molecular weight is 258 g/mol. The van der Waals surface area contributed by atoms with Gasteiger partial charge in [0.2, 0.25) is 0 Å². The second-order valence-corrected chi connectivity index (χ2v) is 4.52. The van der Waals surface area contributed by atoms with Crippen LogP contribution in [-0.2, 0) is 12.8 Å². The van der Waals surface area contributed by atoms with Crippen LogP contribution in [0.1, 0.15) is 37.3 Å². The Morgan fingerprint density at radius 2 is 2.43 bits per heavy atom. The topological polar surface area (TPSA) is 43.8 Å². The number of aryl methyl sites for hydroxylation is 1. The summed E-state index contributed by atoms with van der Waals surface area (Å²) < 4.78 is 3.36. The number of fused-ring (bicyclic) bond motifs is 1. The summed E-state index contributed by atoms with van der Waals surface area (Å²) >= 11 is 3.53. The lowest BCUT2D eigenvalue weighted by Crippen LogP contribution is -2.26. The maximum absolute atomic E-state index is 5.79. The molecule has 3 nitrogen and oxygen atoms in total. The van der Waals surface area contributed by atoms with Crippen molar-refractivity contribution in [1.29, 1.82) is 0 Å². The second-order valence-electron chi connectivity index (χ2n) is 3.77. The number of hydrogen-bond acceptors (Lipinski definition) is 2. The SMILES string of the molecule is CCc1nc(Br)c2n1C(CN)CCC2. The van der Waals surface area contributed by atoms with Crippen LogP contribution < -0.4 is 5.73 Å². The van der Waals surface area contributed by atoms with Crippen molar-refractivity contribution in [2.45, 2.75) is 38.6 Å². The summed E-state index contributed by atoms with van der Waals surface area (Å²) in [7, 11) is 0. The number of imidazole rings is 1. The van der Waals surface area contributed by atoms with Crippen LogP contribution in [0.5, 0.6) is 0 Å². The first-order valence-electron chi connectivity index (χ1n) is 5.23. The van der Waals surface area contributed by atoms with Crippen LogP contribution in [0.4, 0.5) is 0 Å². The van der Waals surface area contributed by atoms with Gasteiger partial charge in [0, 0.05) is 19.0 Å². The summed E-state index contributed by atoms with van der Waals surface area (Å²) in [6.07, 6.45) is 4.54. The molecule has 2 rings (SSSR count). The molecule has 78 valence electrons. The van der Waals surface area contributed by atoms with Crippen LogP contribution in [-0.4, -0.2) is 16.1 Å². The third-order valence-corrected chi connectivity index (χ3v) is 3.57. The lowest BCUT2D eigenvalue weighted by atomic mass is 10.0. The summed E-state index contributed by atoms with van der Waals surface area (Å²) in [5, 5.41) is 0. The van der Waals surface area contributed by atoms with Gasteiger partial charge in [0.25, 0.3) is 0 Å². The highest BCUT2D eigenvalue weighted by molar-refractivity contribution is 9.10. The van der Waals surface area contributed by atoms with E-state index in [2.05, 4.69) is 32.4 Å². The van der Waals surface area contributed by atoms with E-state index in [0.29, 0.717) is 6.04 Å². The molecule has 0 saturated heterocycles. The van der Waals surface area contributed by atoms with Crippen LogP contribution in [0, 0.1) is 0 Å². The lowest BCUT2D eigenvalue weighted by molar-refractivity contribution is 0.398. The number of nitrogens with two attached hydrogens (primary N) is 1. The van der Waals surface area contributed by atoms with Crippen LogP contribution in [0.15, 0.2) is 4.60 Å². The van der Waals surface area contributed by atoms with E-state index in [1.54, 1.807) is 0 Å². The summed E-state index contributed by atoms with van der Waals surface area (Å²) in [5.41, 5.74) is 7.12. The molecule has 0 radical (unpaired) electrons. The number of halogens is 1. The molecule has 14 heavy (non-hydrogen) atoms. The molecule has 0 aromatic carbocycles. The molecule has 0 aliphatic carbocycles. The average Bonchev–Trinajstić information content (AvgIpc) is 2.56. The molecule has 0 amide bonds. The number of hydrogen-bond donors (Lipinski definition) is 1. The van der Waals surface area contributed by atoms with Gasteiger partial charge in [-0.3, -0.25) is 0 Å². The maximum atomic E-state index is 5.79. The molecule has 0 saturated carbocycles. The molecule has 0 bridgehead atoms. The predicted molar refractivity (Wildman–Crippen MR) is 60.3 cm³/mol. The van der Waals surface area contributed by atoms with Crippen molar-refractivity contribution in [3.05, 3.63) is 16.1 Å². The first kappa shape index (κ1) is 10.2. The van der Waals surface area contributed by atoms with Crippen LogP contribution >= 0.6 is 15.9 Å². The molecule has 1 atom stereocenters. The van der Waals surface area contributed by atoms with E-state index in [9.17, 15) is 0 Å². The highest BCUT2D eigenvalue weighted by Crippen LogP contribution is 2.30. The van der Waals surface area contributed by atoms with Gasteiger partial charge in [-0.2, -0.15) is 0 Å². The summed E-state index contributed by atoms with van der Waals surface area (Å²) in [6.45, 7) is 2.87. The van der Waals surface area contributed by atoms with Crippen molar-refractivity contribution >= 4 is 15.9 Å². The minimum absolute atomic E-state index is 0.465. The third kappa shape index (κ3) is 1.50. The van der Waals surface area contributed by atoms with Gasteiger partial charge in [-0.25, -0.2) is 4.98 Å². The molecule has 1 aromatic rings. The Balaban J connectivity index is 2.48. The summed E-state index contributed by atoms with van der Waals surface area (Å²) in [6, 6.07) is 0.465. The zero-order valence-electron chi connectivity index (χ0n) is 8.46. The quantitative estimate of drug-likeness (QED) is 0.882. The molecule has 1 aliphatic heterocycles. The maximum Gasteiger partial charge on any atom is 0.127 e. The van der Waals surface area contributed by atoms with Crippen molar-refractivity contribution in [2.75, 3.05) is 6.54 Å². The van der Waals surface area contributed by atoms with E-state index in [1.807, 2.05) is 0 Å². The Labute approximate surface area is 92.8 Å². The molecule has 1 unspecified atom stereocenters. The highest BCUT2D eigenvalue weighted by atomic mass is 79.9. The van der Waals surface area contributed by atoms with E-state index in [0.717, 1.165) is 24.0 Å². The fourth-order valence-corrected chi connectivity index (χ4v) is 2.84. The molecule has 1 aromatic heterocycles. The van der Waals surface area contributed by atoms with E-state index in [4.69, 9.17) is 5.73 Å². The van der Waals surface area contributed by atoms with Crippen molar-refractivity contribution in [1.82, 2.24) is 9.55 Å². The number of nitrogens with zero attached hydrogens (tertiary/aromatic N) is 2. The van der Waals surface area contributed by atoms with Crippen molar-refractivity contribution in [2.24, 2.45) is 5.73 Å². The molecular weight excluding hydrogens is 242 g/mol. The van der Waals surface area contributed by atoms with Gasteiger partial charge in [0.05, 0.1) is 5.69 Å². The zero-order valence-corrected chi connectivity index (χ0v) is 10.0. The number of rotatable bonds is 2. The normalized spacial score (nSPS) is 20.9. The number of aromatic nitrogens is 2. The molecule has 2 heterocycles. The van der Waals surface area contributed by atoms with Crippen molar-refractivity contribution < 1.29 is 0 Å². The Hall–Kier alpha value is -0.350. The minimum Gasteiger partial charge on any atom is -0.328 e. The Kier molecular flexibility index (Phi) is 2.93. The first-order chi connectivity index (χ1) is 6.77. The minimum atomic E-state index is 0.465. The monoisotopic (exact) mass is 257 g/mol. The molecule has 0 fully saturated rings. The molecular formula is C10H16BrN3. The fraction of sp³-hybridized carbons (Fsp3) is 0.700. The fourth-order valence-electron chi connectivity index (χ4n) is 2.25. The first-order valence-corrected chi connectivity index (χ1v) is 6.02. The van der Waals surface area contributed by atoms with Gasteiger partial charge in [-0.05, 0) is 35.2 Å². The predicted octanol–water partition coefficient (Wildman–Crippen LogP) is 2.04. The van der Waals surface area contributed by atoms with Gasteiger partial charge in [0.1, 0.15) is 10.4 Å². The van der Waals surface area contributed by atoms with Crippen molar-refractivity contribution in [3.63, 3.8) is 0 Å². The second kappa shape index (κ2) is 4.03. The Bertz CT molecular complexity index is 332. The summed E-state index contributed by atoms with van der Waals surface area (Å²) in [5.74, 6) is 1.17. The van der Waals surface area contributed by atoms with E-state index < -0.39 is 0 Å².